The number of hydrogen-bond donors (Lipinski definition) is 0. The summed E-state index contributed by atoms with van der Waals surface area (Å²) in [5, 5.41) is 0. The molecule has 3 nitrogen and oxygen atoms in total. The van der Waals surface area contributed by atoms with E-state index in [-0.39, 0.29) is 20.1 Å². The Balaban J connectivity index is 0.00000176. The van der Waals surface area contributed by atoms with Crippen LogP contribution in [0.2, 0.25) is 0 Å². The average Bonchev–Trinajstić information content (AvgIpc) is 2.97. The van der Waals surface area contributed by atoms with Gasteiger partial charge < -0.3 is 9.30 Å². The van der Waals surface area contributed by atoms with Gasteiger partial charge in [-0.15, -0.1) is 35.4 Å². The van der Waals surface area contributed by atoms with Crippen molar-refractivity contribution in [1.29, 1.82) is 0 Å². The Kier molecular flexibility index (Phi) is 5.17. The predicted octanol–water partition coefficient (Wildman–Crippen LogP) is 3.96. The van der Waals surface area contributed by atoms with E-state index in [0.717, 1.165) is 28.4 Å². The maximum Gasteiger partial charge on any atom is 0.119 e. The molecule has 0 aliphatic heterocycles. The van der Waals surface area contributed by atoms with Crippen LogP contribution in [0.4, 0.5) is 0 Å². The van der Waals surface area contributed by atoms with Crippen molar-refractivity contribution in [1.82, 2.24) is 9.55 Å². The minimum atomic E-state index is 0. The van der Waals surface area contributed by atoms with Crippen molar-refractivity contribution in [3.63, 3.8) is 0 Å². The summed E-state index contributed by atoms with van der Waals surface area (Å²) < 4.78 is 7.34. The number of ether oxygens (including phenoxy) is 1. The summed E-state index contributed by atoms with van der Waals surface area (Å²) in [6.45, 7) is 4.13. The first kappa shape index (κ1) is 16.5. The smallest absolute Gasteiger partial charge is 0.119 e. The van der Waals surface area contributed by atoms with Gasteiger partial charge in [0.1, 0.15) is 5.75 Å². The van der Waals surface area contributed by atoms with Crippen LogP contribution < -0.4 is 4.74 Å². The first-order valence-corrected chi connectivity index (χ1v) is 6.86. The van der Waals surface area contributed by atoms with E-state index in [9.17, 15) is 0 Å². The Bertz CT molecular complexity index is 763. The van der Waals surface area contributed by atoms with E-state index in [1.165, 1.54) is 5.56 Å². The van der Waals surface area contributed by atoms with E-state index in [1.807, 2.05) is 42.7 Å². The minimum absolute atomic E-state index is 0. The zero-order chi connectivity index (χ0) is 14.8. The van der Waals surface area contributed by atoms with Gasteiger partial charge in [-0.25, -0.2) is 0 Å². The fourth-order valence-corrected chi connectivity index (χ4v) is 2.36. The molecular formula is C18H17IrN2O-. The van der Waals surface area contributed by atoms with Crippen molar-refractivity contribution in [3.8, 4) is 22.8 Å². The van der Waals surface area contributed by atoms with E-state index in [1.54, 1.807) is 7.11 Å². The van der Waals surface area contributed by atoms with E-state index in [4.69, 9.17) is 4.74 Å². The molecule has 0 unspecified atom stereocenters. The predicted molar refractivity (Wildman–Crippen MR) is 83.9 cm³/mol. The van der Waals surface area contributed by atoms with Crippen molar-refractivity contribution in [2.24, 2.45) is 0 Å². The number of methoxy groups -OCH3 is 1. The van der Waals surface area contributed by atoms with Crippen molar-refractivity contribution >= 4 is 0 Å². The zero-order valence-corrected chi connectivity index (χ0v) is 15.1. The molecule has 0 amide bonds. The van der Waals surface area contributed by atoms with Gasteiger partial charge in [0, 0.05) is 38.2 Å². The Labute approximate surface area is 144 Å². The molecule has 0 N–H and O–H groups in total. The molecule has 0 saturated carbocycles. The standard InChI is InChI=1S/C18H17N2O.Ir/c1-13-4-6-15(7-5-13)18-19-10-11-20(18)17-9-8-16(21-3)12-14(17)2;/h4-6,8-12H,1-3H3;/q-1;. The van der Waals surface area contributed by atoms with Crippen LogP contribution in [0, 0.1) is 19.9 Å². The first-order chi connectivity index (χ1) is 10.2. The van der Waals surface area contributed by atoms with Gasteiger partial charge in [-0.05, 0) is 30.7 Å². The number of benzene rings is 2. The molecule has 0 aliphatic carbocycles. The molecule has 0 bridgehead atoms. The Morgan fingerprint density at radius 1 is 1.14 bits per heavy atom. The van der Waals surface area contributed by atoms with Crippen LogP contribution in [-0.2, 0) is 20.1 Å². The molecule has 0 spiro atoms. The van der Waals surface area contributed by atoms with Crippen LogP contribution in [0.3, 0.4) is 0 Å². The first-order valence-electron chi connectivity index (χ1n) is 6.86. The summed E-state index contributed by atoms with van der Waals surface area (Å²) in [6.07, 6.45) is 3.78. The summed E-state index contributed by atoms with van der Waals surface area (Å²) in [6, 6.07) is 15.4. The number of imidazole rings is 1. The molecule has 2 aromatic carbocycles. The summed E-state index contributed by atoms with van der Waals surface area (Å²) >= 11 is 0. The fourth-order valence-electron chi connectivity index (χ4n) is 2.36. The molecule has 22 heavy (non-hydrogen) atoms. The number of aryl methyl sites for hydroxylation is 2. The summed E-state index contributed by atoms with van der Waals surface area (Å²) in [7, 11) is 1.68. The SMILES string of the molecule is COc1ccc(-n2ccnc2-c2[c-]cc(C)cc2)c(C)c1.[Ir]. The maximum atomic E-state index is 5.26. The molecule has 0 fully saturated rings. The quantitative estimate of drug-likeness (QED) is 0.543. The molecule has 1 heterocycles. The van der Waals surface area contributed by atoms with Crippen LogP contribution in [0.25, 0.3) is 17.1 Å². The molecule has 3 rings (SSSR count). The molecule has 4 heteroatoms. The average molecular weight is 470 g/mol. The Morgan fingerprint density at radius 2 is 1.95 bits per heavy atom. The minimum Gasteiger partial charge on any atom is -0.497 e. The molecule has 1 radical (unpaired) electrons. The van der Waals surface area contributed by atoms with Crippen molar-refractivity contribution in [3.05, 3.63) is 66.0 Å². The van der Waals surface area contributed by atoms with Gasteiger partial charge in [0.05, 0.1) is 12.9 Å². The van der Waals surface area contributed by atoms with Crippen molar-refractivity contribution in [2.45, 2.75) is 13.8 Å². The summed E-state index contributed by atoms with van der Waals surface area (Å²) in [5.41, 5.74) is 4.41. The molecule has 115 valence electrons. The Hall–Kier alpha value is -1.90. The van der Waals surface area contributed by atoms with Crippen LogP contribution in [0.15, 0.2) is 48.8 Å². The number of rotatable bonds is 3. The Morgan fingerprint density at radius 3 is 2.59 bits per heavy atom. The second-order valence-electron chi connectivity index (χ2n) is 5.05. The van der Waals surface area contributed by atoms with Gasteiger partial charge in [0.15, 0.2) is 0 Å². The van der Waals surface area contributed by atoms with E-state index in [0.29, 0.717) is 0 Å². The largest absolute Gasteiger partial charge is 0.497 e. The van der Waals surface area contributed by atoms with Crippen LogP contribution >= 0.6 is 0 Å². The third-order valence-corrected chi connectivity index (χ3v) is 3.51. The fraction of sp³-hybridized carbons (Fsp3) is 0.167. The third kappa shape index (κ3) is 3.13. The monoisotopic (exact) mass is 470 g/mol. The molecule has 0 atom stereocenters. The number of aromatic nitrogens is 2. The summed E-state index contributed by atoms with van der Waals surface area (Å²) in [4.78, 5) is 4.48. The van der Waals surface area contributed by atoms with Crippen LogP contribution in [0.1, 0.15) is 11.1 Å². The van der Waals surface area contributed by atoms with Crippen molar-refractivity contribution < 1.29 is 24.8 Å². The van der Waals surface area contributed by atoms with Gasteiger partial charge in [0.2, 0.25) is 0 Å². The summed E-state index contributed by atoms with van der Waals surface area (Å²) in [5.74, 6) is 1.75. The zero-order valence-electron chi connectivity index (χ0n) is 12.8. The van der Waals surface area contributed by atoms with E-state index >= 15 is 0 Å². The van der Waals surface area contributed by atoms with Gasteiger partial charge in [-0.1, -0.05) is 6.92 Å². The molecule has 3 aromatic rings. The normalized spacial score (nSPS) is 10.1. The van der Waals surface area contributed by atoms with Gasteiger partial charge in [-0.2, -0.15) is 0 Å². The van der Waals surface area contributed by atoms with E-state index < -0.39 is 0 Å². The molecule has 0 saturated heterocycles. The van der Waals surface area contributed by atoms with Gasteiger partial charge in [0.25, 0.3) is 0 Å². The number of hydrogen-bond acceptors (Lipinski definition) is 2. The topological polar surface area (TPSA) is 27.1 Å². The molecular weight excluding hydrogens is 452 g/mol. The van der Waals surface area contributed by atoms with Gasteiger partial charge >= 0.3 is 0 Å². The molecule has 1 aromatic heterocycles. The molecule has 0 aliphatic rings. The second kappa shape index (κ2) is 6.91. The van der Waals surface area contributed by atoms with Crippen LogP contribution in [-0.4, -0.2) is 16.7 Å². The third-order valence-electron chi connectivity index (χ3n) is 3.51. The van der Waals surface area contributed by atoms with Crippen molar-refractivity contribution in [2.75, 3.05) is 7.11 Å². The van der Waals surface area contributed by atoms with Crippen LogP contribution in [0.5, 0.6) is 5.75 Å². The maximum absolute atomic E-state index is 5.26. The second-order valence-corrected chi connectivity index (χ2v) is 5.05. The van der Waals surface area contributed by atoms with E-state index in [2.05, 4.69) is 35.5 Å². The van der Waals surface area contributed by atoms with Gasteiger partial charge in [-0.3, -0.25) is 4.98 Å². The number of nitrogens with zero attached hydrogens (tertiary/aromatic N) is 2.